The Morgan fingerprint density at radius 2 is 1.00 bits per heavy atom. The van der Waals surface area contributed by atoms with Gasteiger partial charge >= 0.3 is 12.1 Å². The largest absolute Gasteiger partial charge is 0.335 e. The van der Waals surface area contributed by atoms with E-state index in [4.69, 9.17) is 23.2 Å². The summed E-state index contributed by atoms with van der Waals surface area (Å²) in [6, 6.07) is 12.3. The molecule has 3 atom stereocenters. The van der Waals surface area contributed by atoms with Gasteiger partial charge in [0.25, 0.3) is 0 Å². The highest BCUT2D eigenvalue weighted by molar-refractivity contribution is 6.33. The van der Waals surface area contributed by atoms with E-state index >= 15 is 0 Å². The van der Waals surface area contributed by atoms with E-state index in [1.54, 1.807) is 0 Å². The van der Waals surface area contributed by atoms with Gasteiger partial charge in [-0.25, -0.2) is 19.4 Å². The molecule has 1 aromatic heterocycles. The smallest absolute Gasteiger partial charge is 0.277 e. The first-order chi connectivity index (χ1) is 18.7. The number of aromatic nitrogens is 1. The van der Waals surface area contributed by atoms with Crippen LogP contribution in [0.5, 0.6) is 0 Å². The van der Waals surface area contributed by atoms with Gasteiger partial charge in [-0.1, -0.05) is 23.2 Å². The van der Waals surface area contributed by atoms with Gasteiger partial charge < -0.3 is 0 Å². The molecular weight excluding hydrogens is 549 g/mol. The molecule has 5 rings (SSSR count). The third-order valence-corrected chi connectivity index (χ3v) is 6.89. The molecule has 8 amide bonds. The molecule has 2 aliphatic rings. The van der Waals surface area contributed by atoms with E-state index in [1.165, 1.54) is 73.1 Å². The molecule has 2 aliphatic heterocycles. The number of urea groups is 2. The van der Waals surface area contributed by atoms with Crippen molar-refractivity contribution in [1.29, 1.82) is 0 Å². The van der Waals surface area contributed by atoms with E-state index in [9.17, 15) is 28.8 Å². The third-order valence-electron chi connectivity index (χ3n) is 6.38. The van der Waals surface area contributed by atoms with Crippen LogP contribution in [0.4, 0.5) is 21.0 Å². The summed E-state index contributed by atoms with van der Waals surface area (Å²) >= 11 is 11.9. The molecule has 3 aromatic rings. The Morgan fingerprint density at radius 1 is 0.615 bits per heavy atom. The van der Waals surface area contributed by atoms with E-state index < -0.39 is 53.4 Å². The lowest BCUT2D eigenvalue weighted by Gasteiger charge is -2.39. The van der Waals surface area contributed by atoms with Gasteiger partial charge in [0.15, 0.2) is 0 Å². The lowest BCUT2D eigenvalue weighted by molar-refractivity contribution is -0.140. The number of pyridine rings is 1. The summed E-state index contributed by atoms with van der Waals surface area (Å²) in [5, 5.41) is 4.98. The van der Waals surface area contributed by atoms with Crippen LogP contribution in [0.25, 0.3) is 0 Å². The molecule has 0 saturated carbocycles. The molecule has 1 unspecified atom stereocenters. The number of halogens is 2. The van der Waals surface area contributed by atoms with Crippen LogP contribution in [0.15, 0.2) is 73.1 Å². The predicted molar refractivity (Wildman–Crippen MR) is 139 cm³/mol. The summed E-state index contributed by atoms with van der Waals surface area (Å²) in [7, 11) is 0. The van der Waals surface area contributed by atoms with Crippen LogP contribution in [-0.4, -0.2) is 40.7 Å². The minimum Gasteiger partial charge on any atom is -0.277 e. The Balaban J connectivity index is 1.62. The highest BCUT2D eigenvalue weighted by Gasteiger charge is 2.55. The lowest BCUT2D eigenvalue weighted by atomic mass is 9.73. The van der Waals surface area contributed by atoms with E-state index in [2.05, 4.69) is 15.6 Å². The molecule has 2 saturated heterocycles. The van der Waals surface area contributed by atoms with Crippen molar-refractivity contribution in [2.75, 3.05) is 9.80 Å². The number of amides is 8. The van der Waals surface area contributed by atoms with Crippen LogP contribution >= 0.6 is 23.2 Å². The summed E-state index contributed by atoms with van der Waals surface area (Å²) in [5.41, 5.74) is 0.471. The first-order valence-electron chi connectivity index (χ1n) is 11.5. The van der Waals surface area contributed by atoms with Crippen molar-refractivity contribution in [1.82, 2.24) is 15.6 Å². The van der Waals surface area contributed by atoms with Crippen LogP contribution in [-0.2, 0) is 19.2 Å². The van der Waals surface area contributed by atoms with Gasteiger partial charge in [0.2, 0.25) is 23.6 Å². The van der Waals surface area contributed by atoms with Gasteiger partial charge in [-0.2, -0.15) is 0 Å². The second-order valence-corrected chi connectivity index (χ2v) is 9.52. The quantitative estimate of drug-likeness (QED) is 0.451. The predicted octanol–water partition coefficient (Wildman–Crippen LogP) is 3.27. The fourth-order valence-corrected chi connectivity index (χ4v) is 4.90. The Kier molecular flexibility index (Phi) is 6.85. The van der Waals surface area contributed by atoms with Crippen molar-refractivity contribution in [2.45, 2.75) is 5.92 Å². The number of hydrogen-bond acceptors (Lipinski definition) is 7. The number of benzene rings is 2. The second-order valence-electron chi connectivity index (χ2n) is 8.65. The number of barbiturate groups is 2. The summed E-state index contributed by atoms with van der Waals surface area (Å²) in [4.78, 5) is 84.9. The molecule has 0 spiro atoms. The monoisotopic (exact) mass is 565 g/mol. The van der Waals surface area contributed by atoms with E-state index in [0.717, 1.165) is 9.80 Å². The van der Waals surface area contributed by atoms with Crippen molar-refractivity contribution in [2.24, 2.45) is 11.8 Å². The molecule has 0 radical (unpaired) electrons. The summed E-state index contributed by atoms with van der Waals surface area (Å²) in [6.45, 7) is 0. The number of nitrogens with zero attached hydrogens (tertiary/aromatic N) is 3. The number of carbonyl (C=O) groups is 6. The van der Waals surface area contributed by atoms with E-state index in [-0.39, 0.29) is 16.9 Å². The van der Waals surface area contributed by atoms with Crippen molar-refractivity contribution >= 4 is 70.3 Å². The SMILES string of the molecule is O=C1NC(=O)N(c2ccc(Cl)cc2)C(=O)[C@@H]1C(c1ccncc1)[C@H]1C(=O)NC(=O)N(c2ccc(Cl)cc2)C1=O. The Morgan fingerprint density at radius 3 is 1.38 bits per heavy atom. The standard InChI is InChI=1S/C26H17Cl2N5O6/c27-14-1-5-16(6-2-14)32-23(36)19(21(34)30-25(32)38)18(13-9-11-29-12-10-13)20-22(35)31-26(39)33(24(20)37)17-7-3-15(28)4-8-17/h1-12,18-20H,(H,30,34,38)(H,31,35,39)/t18?,19-,20+. The summed E-state index contributed by atoms with van der Waals surface area (Å²) < 4.78 is 0. The van der Waals surface area contributed by atoms with Crippen LogP contribution in [0, 0.1) is 11.8 Å². The highest BCUT2D eigenvalue weighted by atomic mass is 35.5. The fourth-order valence-electron chi connectivity index (χ4n) is 4.65. The van der Waals surface area contributed by atoms with E-state index in [0.29, 0.717) is 10.0 Å². The highest BCUT2D eigenvalue weighted by Crippen LogP contribution is 2.39. The minimum absolute atomic E-state index is 0.116. The lowest BCUT2D eigenvalue weighted by Crippen LogP contribution is -2.64. The molecule has 39 heavy (non-hydrogen) atoms. The first kappa shape index (κ1) is 26.0. The molecule has 2 N–H and O–H groups in total. The Bertz CT molecular complexity index is 1420. The molecule has 0 bridgehead atoms. The molecule has 196 valence electrons. The van der Waals surface area contributed by atoms with Gasteiger partial charge in [0.05, 0.1) is 11.4 Å². The zero-order valence-corrected chi connectivity index (χ0v) is 21.2. The molecule has 3 heterocycles. The van der Waals surface area contributed by atoms with Gasteiger partial charge in [-0.05, 0) is 66.2 Å². The molecule has 2 aromatic carbocycles. The number of nitrogens with one attached hydrogen (secondary N) is 2. The molecule has 13 heteroatoms. The maximum atomic E-state index is 13.8. The van der Waals surface area contributed by atoms with Gasteiger partial charge in [-0.15, -0.1) is 0 Å². The molecule has 11 nitrogen and oxygen atoms in total. The second kappa shape index (κ2) is 10.3. The maximum absolute atomic E-state index is 13.8. The van der Waals surface area contributed by atoms with Gasteiger partial charge in [-0.3, -0.25) is 34.8 Å². The van der Waals surface area contributed by atoms with Crippen molar-refractivity contribution in [3.8, 4) is 0 Å². The van der Waals surface area contributed by atoms with Crippen LogP contribution in [0.3, 0.4) is 0 Å². The van der Waals surface area contributed by atoms with Gasteiger partial charge in [0, 0.05) is 28.4 Å². The minimum atomic E-state index is -1.71. The fraction of sp³-hybridized carbons (Fsp3) is 0.115. The Hall–Kier alpha value is -4.61. The van der Waals surface area contributed by atoms with Crippen LogP contribution < -0.4 is 20.4 Å². The van der Waals surface area contributed by atoms with E-state index in [1.807, 2.05) is 0 Å². The summed E-state index contributed by atoms with van der Waals surface area (Å²) in [6.07, 6.45) is 2.73. The topological polar surface area (TPSA) is 146 Å². The molecule has 2 fully saturated rings. The third kappa shape index (κ3) is 4.73. The first-order valence-corrected chi connectivity index (χ1v) is 12.2. The maximum Gasteiger partial charge on any atom is 0.335 e. The zero-order valence-electron chi connectivity index (χ0n) is 19.7. The van der Waals surface area contributed by atoms with Crippen molar-refractivity contribution < 1.29 is 28.8 Å². The number of hydrogen-bond donors (Lipinski definition) is 2. The summed E-state index contributed by atoms with van der Waals surface area (Å²) in [5.74, 6) is -8.78. The van der Waals surface area contributed by atoms with Gasteiger partial charge in [0.1, 0.15) is 11.8 Å². The van der Waals surface area contributed by atoms with Crippen molar-refractivity contribution in [3.05, 3.63) is 88.7 Å². The average Bonchev–Trinajstić information content (AvgIpc) is 2.90. The van der Waals surface area contributed by atoms with Crippen LogP contribution in [0.2, 0.25) is 10.0 Å². The van der Waals surface area contributed by atoms with Crippen LogP contribution in [0.1, 0.15) is 11.5 Å². The zero-order chi connectivity index (χ0) is 27.8. The number of anilines is 2. The number of rotatable bonds is 5. The average molecular weight is 566 g/mol. The number of imide groups is 4. The van der Waals surface area contributed by atoms with Crippen molar-refractivity contribution in [3.63, 3.8) is 0 Å². The Labute approximate surface area is 230 Å². The normalized spacial score (nSPS) is 20.6. The molecular formula is C26H17Cl2N5O6. The number of carbonyl (C=O) groups excluding carboxylic acids is 6. The molecule has 0 aliphatic carbocycles.